The van der Waals surface area contributed by atoms with Crippen LogP contribution < -0.4 is 0 Å². The van der Waals surface area contributed by atoms with Crippen LogP contribution in [-0.4, -0.2) is 0 Å². The van der Waals surface area contributed by atoms with Crippen molar-refractivity contribution in [3.63, 3.8) is 0 Å². The molecule has 2 aromatic carbocycles. The fraction of sp³-hybridized carbons (Fsp3) is 0.111. The lowest BCUT2D eigenvalue weighted by atomic mass is 10.0. The minimum Gasteiger partial charge on any atom is -0.206 e. The molecule has 0 aliphatic heterocycles. The predicted octanol–water partition coefficient (Wildman–Crippen LogP) is 5.78. The summed E-state index contributed by atoms with van der Waals surface area (Å²) in [4.78, 5) is 0.968. The van der Waals surface area contributed by atoms with Crippen LogP contribution in [0.3, 0.4) is 0 Å². The average Bonchev–Trinajstić information content (AvgIpc) is 3.01. The third kappa shape index (κ3) is 2.52. The molecule has 0 amide bonds. The molecule has 0 bridgehead atoms. The van der Waals surface area contributed by atoms with E-state index >= 15 is 0 Å². The minimum absolute atomic E-state index is 0.162. The number of thiophene rings is 1. The molecular weight excluding hydrogens is 267 g/mol. The van der Waals surface area contributed by atoms with Gasteiger partial charge in [0.1, 0.15) is 5.82 Å². The van der Waals surface area contributed by atoms with Crippen molar-refractivity contribution in [1.29, 1.82) is 0 Å². The van der Waals surface area contributed by atoms with Crippen molar-refractivity contribution >= 4 is 11.3 Å². The maximum absolute atomic E-state index is 14.3. The molecule has 0 spiro atoms. The molecular formula is C18H15FS. The zero-order valence-electron chi connectivity index (χ0n) is 11.3. The molecule has 0 saturated carbocycles. The Kier molecular flexibility index (Phi) is 3.66. The summed E-state index contributed by atoms with van der Waals surface area (Å²) >= 11 is 1.56. The third-order valence-electron chi connectivity index (χ3n) is 3.45. The van der Waals surface area contributed by atoms with Crippen LogP contribution in [0.1, 0.15) is 12.5 Å². The van der Waals surface area contributed by atoms with Crippen LogP contribution in [0, 0.1) is 5.82 Å². The van der Waals surface area contributed by atoms with Crippen molar-refractivity contribution in [3.05, 3.63) is 71.4 Å². The molecule has 0 nitrogen and oxygen atoms in total. The predicted molar refractivity (Wildman–Crippen MR) is 84.5 cm³/mol. The zero-order valence-corrected chi connectivity index (χ0v) is 12.1. The number of rotatable bonds is 3. The van der Waals surface area contributed by atoms with E-state index in [-0.39, 0.29) is 5.82 Å². The van der Waals surface area contributed by atoms with E-state index < -0.39 is 0 Å². The van der Waals surface area contributed by atoms with Crippen LogP contribution >= 0.6 is 11.3 Å². The van der Waals surface area contributed by atoms with E-state index in [4.69, 9.17) is 0 Å². The summed E-state index contributed by atoms with van der Waals surface area (Å²) in [6.45, 7) is 2.13. The second-order valence-corrected chi connectivity index (χ2v) is 5.67. The Morgan fingerprint density at radius 3 is 2.30 bits per heavy atom. The van der Waals surface area contributed by atoms with Gasteiger partial charge in [0.25, 0.3) is 0 Å². The van der Waals surface area contributed by atoms with Gasteiger partial charge in [0.05, 0.1) is 0 Å². The second kappa shape index (κ2) is 5.59. The Balaban J connectivity index is 1.97. The van der Waals surface area contributed by atoms with Crippen molar-refractivity contribution < 1.29 is 4.39 Å². The van der Waals surface area contributed by atoms with E-state index in [1.165, 1.54) is 5.56 Å². The molecule has 100 valence electrons. The quantitative estimate of drug-likeness (QED) is 0.571. The summed E-state index contributed by atoms with van der Waals surface area (Å²) in [5.41, 5.74) is 3.95. The van der Waals surface area contributed by atoms with Crippen molar-refractivity contribution in [3.8, 4) is 21.6 Å². The molecule has 2 heteroatoms. The Morgan fingerprint density at radius 1 is 0.950 bits per heavy atom. The standard InChI is InChI=1S/C18H15FS/c1-2-13-5-7-14(8-6-13)15-9-10-16(17(19)12-15)18-4-3-11-20-18/h3-12H,2H2,1H3. The van der Waals surface area contributed by atoms with Crippen molar-refractivity contribution in [1.82, 2.24) is 0 Å². The number of benzene rings is 2. The van der Waals surface area contributed by atoms with Gasteiger partial charge in [-0.3, -0.25) is 0 Å². The summed E-state index contributed by atoms with van der Waals surface area (Å²) in [6.07, 6.45) is 1.02. The third-order valence-corrected chi connectivity index (χ3v) is 4.35. The van der Waals surface area contributed by atoms with Gasteiger partial charge in [-0.2, -0.15) is 0 Å². The fourth-order valence-electron chi connectivity index (χ4n) is 2.26. The first kappa shape index (κ1) is 13.1. The first-order valence-corrected chi connectivity index (χ1v) is 7.58. The molecule has 0 radical (unpaired) electrons. The van der Waals surface area contributed by atoms with Crippen LogP contribution in [0.5, 0.6) is 0 Å². The van der Waals surface area contributed by atoms with E-state index in [1.807, 2.05) is 29.6 Å². The topological polar surface area (TPSA) is 0 Å². The monoisotopic (exact) mass is 282 g/mol. The molecule has 3 rings (SSSR count). The van der Waals surface area contributed by atoms with Gasteiger partial charge in [0.15, 0.2) is 0 Å². The van der Waals surface area contributed by atoms with E-state index in [0.29, 0.717) is 5.56 Å². The number of hydrogen-bond acceptors (Lipinski definition) is 1. The highest BCUT2D eigenvalue weighted by Gasteiger charge is 2.08. The van der Waals surface area contributed by atoms with E-state index in [2.05, 4.69) is 31.2 Å². The lowest BCUT2D eigenvalue weighted by molar-refractivity contribution is 0.632. The van der Waals surface area contributed by atoms with Gasteiger partial charge in [-0.1, -0.05) is 43.3 Å². The van der Waals surface area contributed by atoms with Crippen LogP contribution in [0.15, 0.2) is 60.0 Å². The molecule has 1 aromatic heterocycles. The van der Waals surface area contributed by atoms with Crippen molar-refractivity contribution in [2.75, 3.05) is 0 Å². The van der Waals surface area contributed by atoms with Gasteiger partial charge < -0.3 is 0 Å². The summed E-state index contributed by atoms with van der Waals surface area (Å²) in [6, 6.07) is 17.7. The molecule has 1 heterocycles. The molecule has 0 unspecified atom stereocenters. The van der Waals surface area contributed by atoms with Crippen molar-refractivity contribution in [2.45, 2.75) is 13.3 Å². The van der Waals surface area contributed by atoms with E-state index in [1.54, 1.807) is 17.4 Å². The Morgan fingerprint density at radius 2 is 1.70 bits per heavy atom. The Bertz CT molecular complexity index is 697. The molecule has 0 saturated heterocycles. The molecule has 0 N–H and O–H groups in total. The van der Waals surface area contributed by atoms with Gasteiger partial charge in [0.2, 0.25) is 0 Å². The second-order valence-electron chi connectivity index (χ2n) is 4.72. The van der Waals surface area contributed by atoms with Gasteiger partial charge >= 0.3 is 0 Å². The van der Waals surface area contributed by atoms with E-state index in [0.717, 1.165) is 22.4 Å². The first-order valence-electron chi connectivity index (χ1n) is 6.70. The fourth-order valence-corrected chi connectivity index (χ4v) is 3.01. The summed E-state index contributed by atoms with van der Waals surface area (Å²) < 4.78 is 14.3. The van der Waals surface area contributed by atoms with E-state index in [9.17, 15) is 4.39 Å². The van der Waals surface area contributed by atoms with Gasteiger partial charge in [-0.25, -0.2) is 4.39 Å². The summed E-state index contributed by atoms with van der Waals surface area (Å²) in [7, 11) is 0. The summed E-state index contributed by atoms with van der Waals surface area (Å²) in [5, 5.41) is 1.96. The maximum Gasteiger partial charge on any atom is 0.132 e. The minimum atomic E-state index is -0.162. The SMILES string of the molecule is CCc1ccc(-c2ccc(-c3cccs3)c(F)c2)cc1. The lowest BCUT2D eigenvalue weighted by Crippen LogP contribution is -1.85. The zero-order chi connectivity index (χ0) is 13.9. The molecule has 3 aromatic rings. The average molecular weight is 282 g/mol. The number of hydrogen-bond donors (Lipinski definition) is 0. The smallest absolute Gasteiger partial charge is 0.132 e. The van der Waals surface area contributed by atoms with Crippen LogP contribution in [0.2, 0.25) is 0 Å². The maximum atomic E-state index is 14.3. The molecule has 0 aliphatic carbocycles. The highest BCUT2D eigenvalue weighted by atomic mass is 32.1. The number of halogens is 1. The van der Waals surface area contributed by atoms with Gasteiger partial charge in [-0.05, 0) is 46.7 Å². The lowest BCUT2D eigenvalue weighted by Gasteiger charge is -2.06. The van der Waals surface area contributed by atoms with Crippen LogP contribution in [0.25, 0.3) is 21.6 Å². The highest BCUT2D eigenvalue weighted by molar-refractivity contribution is 7.13. The first-order chi connectivity index (χ1) is 9.78. The van der Waals surface area contributed by atoms with Crippen molar-refractivity contribution in [2.24, 2.45) is 0 Å². The number of aryl methyl sites for hydroxylation is 1. The summed E-state index contributed by atoms with van der Waals surface area (Å²) in [5.74, 6) is -0.162. The van der Waals surface area contributed by atoms with Crippen LogP contribution in [0.4, 0.5) is 4.39 Å². The molecule has 0 fully saturated rings. The Hall–Kier alpha value is -1.93. The Labute approximate surface area is 122 Å². The normalized spacial score (nSPS) is 10.7. The van der Waals surface area contributed by atoms with Gasteiger partial charge in [-0.15, -0.1) is 11.3 Å². The van der Waals surface area contributed by atoms with Gasteiger partial charge in [0, 0.05) is 10.4 Å². The molecule has 0 aliphatic rings. The molecule has 0 atom stereocenters. The highest BCUT2D eigenvalue weighted by Crippen LogP contribution is 2.30. The molecule has 20 heavy (non-hydrogen) atoms. The van der Waals surface area contributed by atoms with Crippen LogP contribution in [-0.2, 0) is 6.42 Å². The largest absolute Gasteiger partial charge is 0.206 e.